The topological polar surface area (TPSA) is 68.8 Å². The highest BCUT2D eigenvalue weighted by atomic mass is 127. The number of thiophene rings is 1. The molecule has 1 amide bonds. The van der Waals surface area contributed by atoms with Crippen LogP contribution in [0.3, 0.4) is 0 Å². The third-order valence-corrected chi connectivity index (χ3v) is 5.45. The van der Waals surface area contributed by atoms with Gasteiger partial charge >= 0.3 is 0 Å². The Hall–Kier alpha value is -0.870. The molecule has 1 aliphatic rings. The highest BCUT2D eigenvalue weighted by molar-refractivity contribution is 14.0. The predicted octanol–water partition coefficient (Wildman–Crippen LogP) is 2.91. The van der Waals surface area contributed by atoms with Gasteiger partial charge in [0.1, 0.15) is 0 Å². The summed E-state index contributed by atoms with van der Waals surface area (Å²) >= 11 is 1.46. The lowest BCUT2D eigenvalue weighted by Gasteiger charge is -2.35. The molecule has 0 spiro atoms. The number of amides is 1. The molecule has 1 aromatic rings. The number of carbonyl (C=O) groups is 1. The van der Waals surface area contributed by atoms with Gasteiger partial charge in [-0.25, -0.2) is 0 Å². The van der Waals surface area contributed by atoms with Crippen molar-refractivity contribution in [2.75, 3.05) is 32.7 Å². The first-order chi connectivity index (χ1) is 12.6. The molecule has 0 saturated carbocycles. The van der Waals surface area contributed by atoms with Crippen molar-refractivity contribution in [2.24, 2.45) is 4.99 Å². The van der Waals surface area contributed by atoms with Gasteiger partial charge < -0.3 is 20.9 Å². The molecule has 0 atom stereocenters. The third-order valence-electron chi connectivity index (χ3n) is 4.58. The number of piperidine rings is 1. The summed E-state index contributed by atoms with van der Waals surface area (Å²) in [5.41, 5.74) is 0. The lowest BCUT2D eigenvalue weighted by molar-refractivity contribution is 0.0957. The second-order valence-corrected chi connectivity index (χ2v) is 7.84. The highest BCUT2D eigenvalue weighted by Gasteiger charge is 2.21. The first-order valence-electron chi connectivity index (χ1n) is 9.70. The standard InChI is InChI=1S/C19H33N5OS.HI/c1-4-20-19(23-16-8-12-24(13-9-16)15(2)3)22-11-6-10-21-18(25)17-7-5-14-26-17;/h5,7,14-16H,4,6,8-13H2,1-3H3,(H,21,25)(H2,20,22,23);1H. The van der Waals surface area contributed by atoms with Crippen molar-refractivity contribution in [3.63, 3.8) is 0 Å². The molecule has 1 aliphatic heterocycles. The maximum Gasteiger partial charge on any atom is 0.261 e. The molecule has 6 nitrogen and oxygen atoms in total. The van der Waals surface area contributed by atoms with E-state index >= 15 is 0 Å². The summed E-state index contributed by atoms with van der Waals surface area (Å²) in [6.07, 6.45) is 3.14. The predicted molar refractivity (Wildman–Crippen MR) is 126 cm³/mol. The molecule has 2 rings (SSSR count). The Morgan fingerprint density at radius 1 is 1.33 bits per heavy atom. The van der Waals surface area contributed by atoms with Crippen LogP contribution in [0.1, 0.15) is 49.7 Å². The molecular formula is C19H34IN5OS. The number of guanidine groups is 1. The molecule has 3 N–H and O–H groups in total. The molecule has 2 heterocycles. The Balaban J connectivity index is 0.00000364. The van der Waals surface area contributed by atoms with Gasteiger partial charge in [-0.2, -0.15) is 0 Å². The zero-order chi connectivity index (χ0) is 18.8. The molecule has 0 aliphatic carbocycles. The van der Waals surface area contributed by atoms with Crippen LogP contribution in [-0.4, -0.2) is 61.6 Å². The van der Waals surface area contributed by atoms with Gasteiger partial charge in [0.15, 0.2) is 5.96 Å². The number of likely N-dealkylation sites (tertiary alicyclic amines) is 1. The third kappa shape index (κ3) is 8.78. The van der Waals surface area contributed by atoms with Gasteiger partial charge in [-0.15, -0.1) is 35.3 Å². The number of nitrogens with one attached hydrogen (secondary N) is 3. The molecule has 0 unspecified atom stereocenters. The average molecular weight is 507 g/mol. The summed E-state index contributed by atoms with van der Waals surface area (Å²) in [5.74, 6) is 0.894. The number of aliphatic imine (C=N–C) groups is 1. The Morgan fingerprint density at radius 2 is 2.07 bits per heavy atom. The van der Waals surface area contributed by atoms with Crippen LogP contribution < -0.4 is 16.0 Å². The summed E-state index contributed by atoms with van der Waals surface area (Å²) in [7, 11) is 0. The number of halogens is 1. The lowest BCUT2D eigenvalue weighted by Crippen LogP contribution is -2.49. The molecule has 154 valence electrons. The van der Waals surface area contributed by atoms with Gasteiger partial charge in [0.25, 0.3) is 5.91 Å². The van der Waals surface area contributed by atoms with Crippen LogP contribution in [-0.2, 0) is 0 Å². The Kier molecular flexibility index (Phi) is 11.9. The second-order valence-electron chi connectivity index (χ2n) is 6.90. The molecule has 0 bridgehead atoms. The summed E-state index contributed by atoms with van der Waals surface area (Å²) in [5, 5.41) is 11.7. The molecule has 1 saturated heterocycles. The largest absolute Gasteiger partial charge is 0.357 e. The van der Waals surface area contributed by atoms with Crippen LogP contribution in [0.2, 0.25) is 0 Å². The van der Waals surface area contributed by atoms with Crippen molar-refractivity contribution in [3.05, 3.63) is 22.4 Å². The summed E-state index contributed by atoms with van der Waals surface area (Å²) < 4.78 is 0. The van der Waals surface area contributed by atoms with Gasteiger partial charge in [-0.1, -0.05) is 6.07 Å². The van der Waals surface area contributed by atoms with Gasteiger partial charge in [0.05, 0.1) is 4.88 Å². The van der Waals surface area contributed by atoms with Crippen LogP contribution in [0, 0.1) is 0 Å². The summed E-state index contributed by atoms with van der Waals surface area (Å²) in [6.45, 7) is 11.1. The van der Waals surface area contributed by atoms with E-state index in [0.717, 1.165) is 49.7 Å². The van der Waals surface area contributed by atoms with E-state index in [1.54, 1.807) is 0 Å². The van der Waals surface area contributed by atoms with Crippen molar-refractivity contribution in [1.82, 2.24) is 20.9 Å². The summed E-state index contributed by atoms with van der Waals surface area (Å²) in [6, 6.07) is 4.85. The number of hydrogen-bond donors (Lipinski definition) is 3. The van der Waals surface area contributed by atoms with E-state index in [4.69, 9.17) is 0 Å². The first-order valence-corrected chi connectivity index (χ1v) is 10.6. The number of hydrogen-bond acceptors (Lipinski definition) is 4. The molecule has 8 heteroatoms. The van der Waals surface area contributed by atoms with E-state index in [1.807, 2.05) is 17.5 Å². The van der Waals surface area contributed by atoms with Crippen molar-refractivity contribution in [1.29, 1.82) is 0 Å². The van der Waals surface area contributed by atoms with Crippen LogP contribution >= 0.6 is 35.3 Å². The minimum absolute atomic E-state index is 0. The monoisotopic (exact) mass is 507 g/mol. The lowest BCUT2D eigenvalue weighted by atomic mass is 10.0. The molecule has 1 aromatic heterocycles. The Labute approximate surface area is 184 Å². The molecule has 0 aromatic carbocycles. The zero-order valence-corrected chi connectivity index (χ0v) is 19.8. The number of rotatable bonds is 8. The van der Waals surface area contributed by atoms with Crippen LogP contribution in [0.25, 0.3) is 0 Å². The molecule has 27 heavy (non-hydrogen) atoms. The van der Waals surface area contributed by atoms with E-state index in [9.17, 15) is 4.79 Å². The first kappa shape index (κ1) is 24.2. The Bertz CT molecular complexity index is 556. The molecular weight excluding hydrogens is 473 g/mol. The average Bonchev–Trinajstić information content (AvgIpc) is 3.16. The van der Waals surface area contributed by atoms with Gasteiger partial charge in [-0.3, -0.25) is 9.79 Å². The quantitative estimate of drug-likeness (QED) is 0.219. The fourth-order valence-electron chi connectivity index (χ4n) is 3.04. The van der Waals surface area contributed by atoms with E-state index in [-0.39, 0.29) is 29.9 Å². The van der Waals surface area contributed by atoms with Crippen molar-refractivity contribution >= 4 is 47.2 Å². The van der Waals surface area contributed by atoms with Crippen LogP contribution in [0.15, 0.2) is 22.5 Å². The highest BCUT2D eigenvalue weighted by Crippen LogP contribution is 2.12. The van der Waals surface area contributed by atoms with E-state index in [1.165, 1.54) is 11.3 Å². The van der Waals surface area contributed by atoms with Gasteiger partial charge in [-0.05, 0) is 51.5 Å². The maximum atomic E-state index is 11.9. The normalized spacial score (nSPS) is 16.1. The smallest absolute Gasteiger partial charge is 0.261 e. The van der Waals surface area contributed by atoms with Crippen molar-refractivity contribution in [2.45, 2.75) is 52.1 Å². The zero-order valence-electron chi connectivity index (χ0n) is 16.7. The minimum atomic E-state index is 0. The van der Waals surface area contributed by atoms with Crippen LogP contribution in [0.4, 0.5) is 0 Å². The van der Waals surface area contributed by atoms with Crippen molar-refractivity contribution < 1.29 is 4.79 Å². The number of nitrogens with zero attached hydrogens (tertiary/aromatic N) is 2. The van der Waals surface area contributed by atoms with E-state index < -0.39 is 0 Å². The fraction of sp³-hybridized carbons (Fsp3) is 0.684. The van der Waals surface area contributed by atoms with E-state index in [0.29, 0.717) is 25.2 Å². The van der Waals surface area contributed by atoms with E-state index in [2.05, 4.69) is 46.6 Å². The molecule has 1 fully saturated rings. The fourth-order valence-corrected chi connectivity index (χ4v) is 3.68. The van der Waals surface area contributed by atoms with Gasteiger partial charge in [0, 0.05) is 44.8 Å². The van der Waals surface area contributed by atoms with Gasteiger partial charge in [0.2, 0.25) is 0 Å². The maximum absolute atomic E-state index is 11.9. The SMILES string of the molecule is CCNC(=NCCCNC(=O)c1cccs1)NC1CCN(C(C)C)CC1.I. The second kappa shape index (κ2) is 13.3. The summed E-state index contributed by atoms with van der Waals surface area (Å²) in [4.78, 5) is 19.8. The van der Waals surface area contributed by atoms with Crippen molar-refractivity contribution in [3.8, 4) is 0 Å². The Morgan fingerprint density at radius 3 is 2.67 bits per heavy atom. The molecule has 0 radical (unpaired) electrons. The van der Waals surface area contributed by atoms with Crippen LogP contribution in [0.5, 0.6) is 0 Å². The minimum Gasteiger partial charge on any atom is -0.357 e. The number of carbonyl (C=O) groups excluding carboxylic acids is 1.